The van der Waals surface area contributed by atoms with Crippen LogP contribution in [0.25, 0.3) is 5.69 Å². The van der Waals surface area contributed by atoms with E-state index in [4.69, 9.17) is 16.3 Å². The number of aromatic nitrogens is 1. The Morgan fingerprint density at radius 3 is 2.59 bits per heavy atom. The molecule has 0 atom stereocenters. The van der Waals surface area contributed by atoms with E-state index in [0.717, 1.165) is 22.7 Å². The molecule has 3 heterocycles. The van der Waals surface area contributed by atoms with Crippen molar-refractivity contribution < 1.29 is 14.3 Å². The number of hydrogen-bond donors (Lipinski definition) is 1. The van der Waals surface area contributed by atoms with Gasteiger partial charge in [-0.25, -0.2) is 0 Å². The number of carbonyl (C=O) groups is 2. The highest BCUT2D eigenvalue weighted by Crippen LogP contribution is 2.45. The summed E-state index contributed by atoms with van der Waals surface area (Å²) in [7, 11) is 0. The number of ether oxygens (including phenoxy) is 1. The summed E-state index contributed by atoms with van der Waals surface area (Å²) in [6.45, 7) is 4.54. The Hall–Kier alpha value is -3.25. The summed E-state index contributed by atoms with van der Waals surface area (Å²) in [5.41, 5.74) is 3.79. The largest absolute Gasteiger partial charge is 0.479 e. The van der Waals surface area contributed by atoms with Crippen LogP contribution in [0.15, 0.2) is 54.7 Å². The number of halogens is 1. The van der Waals surface area contributed by atoms with Gasteiger partial charge >= 0.3 is 0 Å². The molecule has 164 valence electrons. The molecule has 0 saturated carbocycles. The van der Waals surface area contributed by atoms with E-state index in [0.29, 0.717) is 42.2 Å². The number of piperidine rings is 1. The van der Waals surface area contributed by atoms with Crippen LogP contribution in [-0.2, 0) is 10.4 Å². The molecule has 6 nitrogen and oxygen atoms in total. The number of hydrogen-bond acceptors (Lipinski definition) is 3. The quantitative estimate of drug-likeness (QED) is 0.603. The van der Waals surface area contributed by atoms with Crippen molar-refractivity contribution >= 4 is 29.1 Å². The van der Waals surface area contributed by atoms with Crippen LogP contribution < -0.4 is 10.1 Å². The lowest BCUT2D eigenvalue weighted by molar-refractivity contribution is -0.114. The van der Waals surface area contributed by atoms with Gasteiger partial charge < -0.3 is 19.5 Å². The van der Waals surface area contributed by atoms with Gasteiger partial charge in [0.05, 0.1) is 11.4 Å². The average Bonchev–Trinajstić information content (AvgIpc) is 3.25. The molecular weight excluding hydrogens is 426 g/mol. The highest BCUT2D eigenvalue weighted by molar-refractivity contribution is 6.30. The molecule has 32 heavy (non-hydrogen) atoms. The van der Waals surface area contributed by atoms with Crippen molar-refractivity contribution in [2.45, 2.75) is 32.3 Å². The van der Waals surface area contributed by atoms with Gasteiger partial charge in [0.1, 0.15) is 5.75 Å². The van der Waals surface area contributed by atoms with Gasteiger partial charge in [-0.2, -0.15) is 0 Å². The molecule has 5 rings (SSSR count). The number of likely N-dealkylation sites (tertiary alicyclic amines) is 1. The van der Waals surface area contributed by atoms with Crippen LogP contribution in [0.4, 0.5) is 5.69 Å². The summed E-state index contributed by atoms with van der Waals surface area (Å²) in [5.74, 6) is 0.636. The average molecular weight is 450 g/mol. The van der Waals surface area contributed by atoms with E-state index in [1.54, 1.807) is 12.1 Å². The zero-order valence-electron chi connectivity index (χ0n) is 18.0. The van der Waals surface area contributed by atoms with Crippen molar-refractivity contribution in [2.75, 3.05) is 18.4 Å². The molecule has 1 spiro atoms. The minimum atomic E-state index is -0.484. The van der Waals surface area contributed by atoms with E-state index in [-0.39, 0.29) is 11.8 Å². The molecule has 1 N–H and O–H groups in total. The van der Waals surface area contributed by atoms with Gasteiger partial charge in [-0.05, 0) is 55.0 Å². The molecule has 2 amide bonds. The van der Waals surface area contributed by atoms with E-state index in [1.807, 2.05) is 48.4 Å². The fourth-order valence-corrected chi connectivity index (χ4v) is 4.94. The van der Waals surface area contributed by atoms with E-state index in [2.05, 4.69) is 16.0 Å². The van der Waals surface area contributed by atoms with Crippen molar-refractivity contribution in [2.24, 2.45) is 0 Å². The lowest BCUT2D eigenvalue weighted by atomic mass is 9.86. The van der Waals surface area contributed by atoms with Gasteiger partial charge in [0.2, 0.25) is 5.91 Å². The van der Waals surface area contributed by atoms with Crippen molar-refractivity contribution in [1.82, 2.24) is 9.47 Å². The highest BCUT2D eigenvalue weighted by Gasteiger charge is 2.44. The molecule has 7 heteroatoms. The third-order valence-electron chi connectivity index (χ3n) is 6.34. The summed E-state index contributed by atoms with van der Waals surface area (Å²) < 4.78 is 8.72. The third kappa shape index (κ3) is 3.45. The maximum Gasteiger partial charge on any atom is 0.254 e. The van der Waals surface area contributed by atoms with Crippen molar-refractivity contribution in [3.63, 3.8) is 0 Å². The van der Waals surface area contributed by atoms with Crippen LogP contribution in [0.3, 0.4) is 0 Å². The molecular formula is C25H24ClN3O3. The first-order chi connectivity index (χ1) is 15.4. The van der Waals surface area contributed by atoms with E-state index in [1.165, 1.54) is 6.92 Å². The maximum atomic E-state index is 13.2. The van der Waals surface area contributed by atoms with Crippen molar-refractivity contribution in [3.05, 3.63) is 76.6 Å². The smallest absolute Gasteiger partial charge is 0.254 e. The minimum absolute atomic E-state index is 0.00126. The first-order valence-corrected chi connectivity index (χ1v) is 11.1. The molecule has 0 bridgehead atoms. The number of nitrogens with zero attached hydrogens (tertiary/aromatic N) is 2. The number of benzene rings is 2. The number of anilines is 1. The monoisotopic (exact) mass is 449 g/mol. The Balaban J connectivity index is 1.36. The molecule has 0 unspecified atom stereocenters. The fraction of sp³-hybridized carbons (Fsp3) is 0.280. The number of amides is 2. The third-order valence-corrected chi connectivity index (χ3v) is 6.57. The Bertz CT molecular complexity index is 1220. The highest BCUT2D eigenvalue weighted by atomic mass is 35.5. The van der Waals surface area contributed by atoms with Gasteiger partial charge in [0.25, 0.3) is 5.91 Å². The summed E-state index contributed by atoms with van der Waals surface area (Å²) >= 11 is 6.23. The predicted molar refractivity (Wildman–Crippen MR) is 124 cm³/mol. The second kappa shape index (κ2) is 7.71. The minimum Gasteiger partial charge on any atom is -0.479 e. The van der Waals surface area contributed by atoms with Gasteiger partial charge in [-0.3, -0.25) is 9.59 Å². The van der Waals surface area contributed by atoms with Crippen LogP contribution in [-0.4, -0.2) is 34.4 Å². The van der Waals surface area contributed by atoms with Gasteiger partial charge in [-0.15, -0.1) is 0 Å². The molecule has 1 saturated heterocycles. The Labute approximate surface area is 191 Å². The van der Waals surface area contributed by atoms with E-state index in [9.17, 15) is 9.59 Å². The van der Waals surface area contributed by atoms with Crippen LogP contribution in [0, 0.1) is 6.92 Å². The number of fused-ring (bicyclic) bond motifs is 4. The van der Waals surface area contributed by atoms with E-state index < -0.39 is 5.60 Å². The van der Waals surface area contributed by atoms with Crippen LogP contribution >= 0.6 is 11.6 Å². The van der Waals surface area contributed by atoms with Gasteiger partial charge in [0, 0.05) is 61.4 Å². The summed E-state index contributed by atoms with van der Waals surface area (Å²) in [4.78, 5) is 26.4. The maximum absolute atomic E-state index is 13.2. The normalized spacial score (nSPS) is 16.2. The van der Waals surface area contributed by atoms with Crippen molar-refractivity contribution in [1.29, 1.82) is 0 Å². The SMILES string of the molecule is CC(=O)Nc1ccc(C(=O)N2CCC3(CC2)Oc2cc(Cl)ccc2-n2cccc23)c(C)c1. The van der Waals surface area contributed by atoms with Crippen LogP contribution in [0.2, 0.25) is 5.02 Å². The van der Waals surface area contributed by atoms with Crippen LogP contribution in [0.5, 0.6) is 5.75 Å². The molecule has 2 aromatic carbocycles. The molecule has 0 radical (unpaired) electrons. The molecule has 2 aliphatic heterocycles. The molecule has 2 aliphatic rings. The number of rotatable bonds is 2. The summed E-state index contributed by atoms with van der Waals surface area (Å²) in [6, 6.07) is 15.2. The zero-order chi connectivity index (χ0) is 22.5. The summed E-state index contributed by atoms with van der Waals surface area (Å²) in [6.07, 6.45) is 3.43. The first kappa shape index (κ1) is 20.6. The fourth-order valence-electron chi connectivity index (χ4n) is 4.78. The molecule has 3 aromatic rings. The number of carbonyl (C=O) groups excluding carboxylic acids is 2. The lowest BCUT2D eigenvalue weighted by Crippen LogP contribution is -2.50. The van der Waals surface area contributed by atoms with Crippen LogP contribution in [0.1, 0.15) is 41.4 Å². The number of aryl methyl sites for hydroxylation is 1. The molecule has 1 fully saturated rings. The predicted octanol–water partition coefficient (Wildman–Crippen LogP) is 4.92. The van der Waals surface area contributed by atoms with Gasteiger partial charge in [-0.1, -0.05) is 11.6 Å². The second-order valence-corrected chi connectivity index (χ2v) is 8.91. The molecule has 1 aromatic heterocycles. The van der Waals surface area contributed by atoms with Gasteiger partial charge in [0.15, 0.2) is 5.60 Å². The Kier molecular flexibility index (Phi) is 4.97. The number of nitrogens with one attached hydrogen (secondary N) is 1. The standard InChI is InChI=1S/C25H24ClN3O3/c1-16-14-19(27-17(2)30)6-7-20(16)24(31)28-12-9-25(10-13-28)23-4-3-11-29(23)21-8-5-18(26)15-22(21)32-25/h3-8,11,14-15H,9-10,12-13H2,1-2H3,(H,27,30). The second-order valence-electron chi connectivity index (χ2n) is 8.47. The lowest BCUT2D eigenvalue weighted by Gasteiger charge is -2.45. The van der Waals surface area contributed by atoms with Crippen molar-refractivity contribution in [3.8, 4) is 11.4 Å². The molecule has 0 aliphatic carbocycles. The first-order valence-electron chi connectivity index (χ1n) is 10.7. The topological polar surface area (TPSA) is 63.6 Å². The Morgan fingerprint density at radius 2 is 1.88 bits per heavy atom. The summed E-state index contributed by atoms with van der Waals surface area (Å²) in [5, 5.41) is 3.40. The zero-order valence-corrected chi connectivity index (χ0v) is 18.8. The Morgan fingerprint density at radius 1 is 1.09 bits per heavy atom. The van der Waals surface area contributed by atoms with E-state index >= 15 is 0 Å².